The molecule has 1 aliphatic rings. The lowest BCUT2D eigenvalue weighted by molar-refractivity contribution is -0.139. The van der Waals surface area contributed by atoms with Gasteiger partial charge in [-0.1, -0.05) is 76.8 Å². The largest absolute Gasteiger partial charge is 0.399 e. The second kappa shape index (κ2) is 11.6. The van der Waals surface area contributed by atoms with E-state index in [0.717, 1.165) is 36.7 Å². The molecule has 1 fully saturated rings. The maximum absolute atomic E-state index is 13.8. The monoisotopic (exact) mass is 586 g/mol. The fourth-order valence-electron chi connectivity index (χ4n) is 3.86. The van der Waals surface area contributed by atoms with Gasteiger partial charge in [0.05, 0.1) is 33.2 Å². The Labute approximate surface area is 232 Å². The Kier molecular flexibility index (Phi) is 8.74. The molecular formula is C27H21Cl4F3N2O. The molecule has 1 aromatic heterocycles. The molecule has 2 aromatic carbocycles. The summed E-state index contributed by atoms with van der Waals surface area (Å²) in [4.78, 5) is 18.9. The van der Waals surface area contributed by atoms with Crippen molar-refractivity contribution in [3.05, 3.63) is 103 Å². The lowest BCUT2D eigenvalue weighted by Gasteiger charge is -2.23. The predicted molar refractivity (Wildman–Crippen MR) is 142 cm³/mol. The van der Waals surface area contributed by atoms with Gasteiger partial charge in [-0.2, -0.15) is 13.2 Å². The molecule has 0 saturated heterocycles. The first kappa shape index (κ1) is 27.8. The van der Waals surface area contributed by atoms with Gasteiger partial charge in [0.2, 0.25) is 5.91 Å². The molecule has 1 saturated carbocycles. The summed E-state index contributed by atoms with van der Waals surface area (Å²) in [7, 11) is 0. The molecule has 3 aromatic rings. The normalized spacial score (nSPS) is 14.7. The van der Waals surface area contributed by atoms with Crippen LogP contribution in [0.25, 0.3) is 6.08 Å². The van der Waals surface area contributed by atoms with Crippen LogP contribution in [0.2, 0.25) is 20.1 Å². The highest BCUT2D eigenvalue weighted by Gasteiger charge is 2.39. The van der Waals surface area contributed by atoms with Gasteiger partial charge < -0.3 is 4.90 Å². The number of rotatable bonds is 8. The van der Waals surface area contributed by atoms with Gasteiger partial charge in [-0.15, -0.1) is 0 Å². The molecule has 0 N–H and O–H groups in total. The van der Waals surface area contributed by atoms with Crippen LogP contribution in [-0.2, 0) is 17.9 Å². The Morgan fingerprint density at radius 2 is 1.70 bits per heavy atom. The minimum atomic E-state index is -4.59. The summed E-state index contributed by atoms with van der Waals surface area (Å²) in [5.41, 5.74) is 1.79. The van der Waals surface area contributed by atoms with Gasteiger partial charge in [-0.05, 0) is 59.9 Å². The Balaban J connectivity index is 1.55. The molecule has 0 radical (unpaired) electrons. The zero-order valence-electron chi connectivity index (χ0n) is 19.3. The number of carbonyl (C=O) groups is 1. The van der Waals surface area contributed by atoms with Gasteiger partial charge in [-0.25, -0.2) is 0 Å². The van der Waals surface area contributed by atoms with Gasteiger partial charge in [0.1, 0.15) is 0 Å². The van der Waals surface area contributed by atoms with Crippen molar-refractivity contribution in [2.45, 2.75) is 38.0 Å². The second-order valence-electron chi connectivity index (χ2n) is 8.82. The maximum Gasteiger partial charge on any atom is 0.399 e. The molecule has 0 bridgehead atoms. The highest BCUT2D eigenvalue weighted by molar-refractivity contribution is 6.48. The van der Waals surface area contributed by atoms with Crippen LogP contribution in [-0.4, -0.2) is 22.0 Å². The number of alkyl halides is 3. The summed E-state index contributed by atoms with van der Waals surface area (Å²) < 4.78 is 41.5. The molecule has 0 aliphatic heterocycles. The number of nitrogens with zero attached hydrogens (tertiary/aromatic N) is 2. The number of allylic oxidation sites excluding steroid dienone is 1. The van der Waals surface area contributed by atoms with Crippen molar-refractivity contribution < 1.29 is 18.0 Å². The molecule has 1 aliphatic carbocycles. The zero-order valence-corrected chi connectivity index (χ0v) is 22.3. The highest BCUT2D eigenvalue weighted by atomic mass is 35.5. The van der Waals surface area contributed by atoms with Crippen LogP contribution in [0.15, 0.2) is 60.8 Å². The fraction of sp³-hybridized carbons (Fsp3) is 0.259. The third-order valence-electron chi connectivity index (χ3n) is 5.95. The summed E-state index contributed by atoms with van der Waals surface area (Å²) in [5, 5.41) is 0.222. The average molecular weight is 588 g/mol. The van der Waals surface area contributed by atoms with Gasteiger partial charge in [0.25, 0.3) is 0 Å². The second-order valence-corrected chi connectivity index (χ2v) is 10.4. The Morgan fingerprint density at radius 1 is 1.00 bits per heavy atom. The van der Waals surface area contributed by atoms with Crippen molar-refractivity contribution in [3.8, 4) is 0 Å². The van der Waals surface area contributed by atoms with Gasteiger partial charge in [0.15, 0.2) is 0 Å². The Morgan fingerprint density at radius 3 is 2.27 bits per heavy atom. The molecule has 1 heterocycles. The predicted octanol–water partition coefficient (Wildman–Crippen LogP) is 8.99. The molecule has 4 rings (SSSR count). The standard InChI is InChI=1S/C27H21Cl4F3N2O/c28-22-11-16(5-9-21(27(32,33)34)19-12-23(29)25(31)24(30)13-19)4-6-18(22)14-36(26(37)17-7-8-17)15-20-3-1-2-10-35-20/h1-6,9-13,17,21H,7-8,14-15H2/b9-5+. The molecule has 3 nitrogen and oxygen atoms in total. The van der Waals surface area contributed by atoms with Crippen LogP contribution < -0.4 is 0 Å². The SMILES string of the molecule is O=C(C1CC1)N(Cc1ccccn1)Cc1ccc(/C=C/C(c2cc(Cl)c(Cl)c(Cl)c2)C(F)(F)F)cc1Cl. The van der Waals surface area contributed by atoms with Crippen LogP contribution in [0.4, 0.5) is 13.2 Å². The lowest BCUT2D eigenvalue weighted by Crippen LogP contribution is -2.31. The molecule has 1 atom stereocenters. The Bertz CT molecular complexity index is 1290. The first-order valence-electron chi connectivity index (χ1n) is 11.4. The van der Waals surface area contributed by atoms with E-state index in [9.17, 15) is 18.0 Å². The Hall–Kier alpha value is -2.25. The number of pyridine rings is 1. The van der Waals surface area contributed by atoms with E-state index in [0.29, 0.717) is 22.7 Å². The van der Waals surface area contributed by atoms with Crippen LogP contribution in [0.1, 0.15) is 41.1 Å². The quantitative estimate of drug-likeness (QED) is 0.246. The third kappa shape index (κ3) is 7.20. The van der Waals surface area contributed by atoms with Crippen molar-refractivity contribution in [3.63, 3.8) is 0 Å². The summed E-state index contributed by atoms with van der Waals surface area (Å²) in [6, 6.07) is 12.8. The van der Waals surface area contributed by atoms with Crippen molar-refractivity contribution in [1.82, 2.24) is 9.88 Å². The zero-order chi connectivity index (χ0) is 26.7. The average Bonchev–Trinajstić information content (AvgIpc) is 3.68. The number of carbonyl (C=O) groups excluding carboxylic acids is 1. The molecular weight excluding hydrogens is 567 g/mol. The number of benzene rings is 2. The van der Waals surface area contributed by atoms with Crippen molar-refractivity contribution in [2.75, 3.05) is 0 Å². The summed E-state index contributed by atoms with van der Waals surface area (Å²) in [6.45, 7) is 0.606. The molecule has 194 valence electrons. The van der Waals surface area contributed by atoms with E-state index >= 15 is 0 Å². The number of hydrogen-bond donors (Lipinski definition) is 0. The topological polar surface area (TPSA) is 33.2 Å². The first-order valence-corrected chi connectivity index (χ1v) is 12.9. The van der Waals surface area contributed by atoms with Gasteiger partial charge in [0, 0.05) is 23.7 Å². The minimum Gasteiger partial charge on any atom is -0.332 e. The number of amides is 1. The van der Waals surface area contributed by atoms with Crippen molar-refractivity contribution in [1.29, 1.82) is 0 Å². The molecule has 0 spiro atoms. The van der Waals surface area contributed by atoms with Gasteiger partial charge in [-0.3, -0.25) is 9.78 Å². The van der Waals surface area contributed by atoms with E-state index < -0.39 is 12.1 Å². The fourth-order valence-corrected chi connectivity index (χ4v) is 4.72. The summed E-state index contributed by atoms with van der Waals surface area (Å²) >= 11 is 24.3. The smallest absolute Gasteiger partial charge is 0.332 e. The number of halogens is 7. The van der Waals surface area contributed by atoms with Crippen molar-refractivity contribution >= 4 is 58.4 Å². The van der Waals surface area contributed by atoms with Crippen molar-refractivity contribution in [2.24, 2.45) is 5.92 Å². The third-order valence-corrected chi connectivity index (χ3v) is 7.50. The highest BCUT2D eigenvalue weighted by Crippen LogP contribution is 2.41. The summed E-state index contributed by atoms with van der Waals surface area (Å²) in [5.74, 6) is -1.90. The van der Waals surface area contributed by atoms with Crippen LogP contribution >= 0.6 is 46.4 Å². The number of aromatic nitrogens is 1. The van der Waals surface area contributed by atoms with E-state index in [4.69, 9.17) is 46.4 Å². The molecule has 1 amide bonds. The molecule has 37 heavy (non-hydrogen) atoms. The number of hydrogen-bond acceptors (Lipinski definition) is 2. The molecule has 10 heteroatoms. The van der Waals surface area contributed by atoms with E-state index in [1.807, 2.05) is 12.1 Å². The minimum absolute atomic E-state index is 0.00313. The van der Waals surface area contributed by atoms with Crippen LogP contribution in [0.5, 0.6) is 0 Å². The summed E-state index contributed by atoms with van der Waals surface area (Å²) in [6.07, 6.45) is 1.16. The van der Waals surface area contributed by atoms with Gasteiger partial charge >= 0.3 is 6.18 Å². The lowest BCUT2D eigenvalue weighted by atomic mass is 9.97. The van der Waals surface area contributed by atoms with E-state index in [1.165, 1.54) is 6.08 Å². The first-order chi connectivity index (χ1) is 17.5. The van der Waals surface area contributed by atoms with Crippen LogP contribution in [0.3, 0.4) is 0 Å². The van der Waals surface area contributed by atoms with E-state index in [-0.39, 0.29) is 39.0 Å². The van der Waals surface area contributed by atoms with Crippen LogP contribution in [0, 0.1) is 5.92 Å². The van der Waals surface area contributed by atoms with E-state index in [1.54, 1.807) is 35.4 Å². The van der Waals surface area contributed by atoms with E-state index in [2.05, 4.69) is 4.98 Å². The molecule has 1 unspecified atom stereocenters. The maximum atomic E-state index is 13.8.